The normalized spacial score (nSPS) is 20.4. The van der Waals surface area contributed by atoms with Gasteiger partial charge >= 0.3 is 0 Å². The van der Waals surface area contributed by atoms with Gasteiger partial charge in [-0.3, -0.25) is 4.79 Å². The number of nitrogens with one attached hydrogen (secondary N) is 1. The molecule has 2 atom stereocenters. The van der Waals surface area contributed by atoms with Crippen LogP contribution in [0.15, 0.2) is 30.3 Å². The lowest BCUT2D eigenvalue weighted by molar-refractivity contribution is -0.135. The van der Waals surface area contributed by atoms with Gasteiger partial charge in [0, 0.05) is 6.61 Å². The number of carbonyl (C=O) groups excluding carboxylic acids is 1. The van der Waals surface area contributed by atoms with Crippen molar-refractivity contribution in [3.63, 3.8) is 0 Å². The van der Waals surface area contributed by atoms with Gasteiger partial charge in [-0.15, -0.1) is 0 Å². The van der Waals surface area contributed by atoms with Gasteiger partial charge in [-0.1, -0.05) is 18.2 Å². The molecule has 1 saturated heterocycles. The number of benzene rings is 1. The summed E-state index contributed by atoms with van der Waals surface area (Å²) in [4.78, 5) is 12.3. The van der Waals surface area contributed by atoms with Crippen molar-refractivity contribution in [3.8, 4) is 5.75 Å². The van der Waals surface area contributed by atoms with Gasteiger partial charge in [0.2, 0.25) is 0 Å². The molecule has 1 aromatic rings. The van der Waals surface area contributed by atoms with Crippen LogP contribution < -0.4 is 10.1 Å². The van der Waals surface area contributed by atoms with E-state index in [1.165, 1.54) is 0 Å². The van der Waals surface area contributed by atoms with E-state index >= 15 is 0 Å². The molecule has 0 spiro atoms. The maximum Gasteiger partial charge on any atom is 0.263 e. The highest BCUT2D eigenvalue weighted by Crippen LogP contribution is 2.20. The SMILES string of the molecule is C[C@H](NC(=O)C(C)(C)Oc1ccccc1)[C@@H]1CCCO1. The van der Waals surface area contributed by atoms with E-state index in [2.05, 4.69) is 5.32 Å². The lowest BCUT2D eigenvalue weighted by atomic mass is 10.1. The quantitative estimate of drug-likeness (QED) is 0.899. The van der Waals surface area contributed by atoms with Gasteiger partial charge in [-0.2, -0.15) is 0 Å². The monoisotopic (exact) mass is 277 g/mol. The number of rotatable bonds is 5. The maximum absolute atomic E-state index is 12.3. The number of hydrogen-bond donors (Lipinski definition) is 1. The summed E-state index contributed by atoms with van der Waals surface area (Å²) in [5.74, 6) is 0.571. The van der Waals surface area contributed by atoms with Crippen molar-refractivity contribution in [2.24, 2.45) is 0 Å². The summed E-state index contributed by atoms with van der Waals surface area (Å²) in [5.41, 5.74) is -0.909. The molecule has 1 aromatic carbocycles. The Morgan fingerprint density at radius 3 is 2.70 bits per heavy atom. The van der Waals surface area contributed by atoms with E-state index in [9.17, 15) is 4.79 Å². The Bertz CT molecular complexity index is 438. The first-order valence-electron chi connectivity index (χ1n) is 7.16. The summed E-state index contributed by atoms with van der Waals surface area (Å²) in [5, 5.41) is 2.99. The molecule has 1 heterocycles. The number of para-hydroxylation sites is 1. The van der Waals surface area contributed by atoms with Crippen LogP contribution in [0.4, 0.5) is 0 Å². The third kappa shape index (κ3) is 3.73. The topological polar surface area (TPSA) is 47.6 Å². The maximum atomic E-state index is 12.3. The van der Waals surface area contributed by atoms with Crippen molar-refractivity contribution in [1.29, 1.82) is 0 Å². The van der Waals surface area contributed by atoms with Crippen LogP contribution >= 0.6 is 0 Å². The third-order valence-electron chi connectivity index (χ3n) is 3.54. The number of ether oxygens (including phenoxy) is 2. The molecule has 0 aliphatic carbocycles. The van der Waals surface area contributed by atoms with Gasteiger partial charge in [0.25, 0.3) is 5.91 Å². The second kappa shape index (κ2) is 6.27. The van der Waals surface area contributed by atoms with Crippen molar-refractivity contribution < 1.29 is 14.3 Å². The molecule has 0 unspecified atom stereocenters. The molecule has 2 rings (SSSR count). The summed E-state index contributed by atoms with van der Waals surface area (Å²) in [6.45, 7) is 6.32. The van der Waals surface area contributed by atoms with E-state index in [1.807, 2.05) is 37.3 Å². The molecule has 20 heavy (non-hydrogen) atoms. The highest BCUT2D eigenvalue weighted by Gasteiger charge is 2.33. The molecule has 0 bridgehead atoms. The van der Waals surface area contributed by atoms with Crippen molar-refractivity contribution in [3.05, 3.63) is 30.3 Å². The molecule has 1 amide bonds. The van der Waals surface area contributed by atoms with Gasteiger partial charge in [-0.25, -0.2) is 0 Å². The molecule has 1 fully saturated rings. The highest BCUT2D eigenvalue weighted by atomic mass is 16.5. The first-order valence-corrected chi connectivity index (χ1v) is 7.16. The van der Waals surface area contributed by atoms with Crippen LogP contribution in [0.5, 0.6) is 5.75 Å². The summed E-state index contributed by atoms with van der Waals surface area (Å²) in [7, 11) is 0. The molecule has 1 N–H and O–H groups in total. The fourth-order valence-electron chi connectivity index (χ4n) is 2.30. The molecule has 4 heteroatoms. The summed E-state index contributed by atoms with van der Waals surface area (Å²) in [6, 6.07) is 9.39. The van der Waals surface area contributed by atoms with Crippen LogP contribution in [0.3, 0.4) is 0 Å². The number of carbonyl (C=O) groups is 1. The standard InChI is InChI=1S/C16H23NO3/c1-12(14-10-7-11-19-14)17-15(18)16(2,3)20-13-8-5-4-6-9-13/h4-6,8-9,12,14H,7,10-11H2,1-3H3,(H,17,18)/t12-,14-/m0/s1. The molecule has 0 radical (unpaired) electrons. The van der Waals surface area contributed by atoms with Crippen LogP contribution in [-0.4, -0.2) is 30.3 Å². The number of hydrogen-bond acceptors (Lipinski definition) is 3. The van der Waals surface area contributed by atoms with E-state index in [4.69, 9.17) is 9.47 Å². The summed E-state index contributed by atoms with van der Waals surface area (Å²) >= 11 is 0. The average molecular weight is 277 g/mol. The van der Waals surface area contributed by atoms with Crippen molar-refractivity contribution in [2.45, 2.75) is 51.4 Å². The summed E-state index contributed by atoms with van der Waals surface area (Å²) in [6.07, 6.45) is 2.18. The molecule has 110 valence electrons. The Morgan fingerprint density at radius 1 is 1.40 bits per heavy atom. The van der Waals surface area contributed by atoms with E-state index in [0.29, 0.717) is 5.75 Å². The lowest BCUT2D eigenvalue weighted by Gasteiger charge is -2.28. The predicted octanol–water partition coefficient (Wildman–Crippen LogP) is 2.53. The first-order chi connectivity index (χ1) is 9.49. The average Bonchev–Trinajstić information content (AvgIpc) is 2.93. The lowest BCUT2D eigenvalue weighted by Crippen LogP contribution is -2.52. The fraction of sp³-hybridized carbons (Fsp3) is 0.562. The van der Waals surface area contributed by atoms with Gasteiger partial charge in [-0.05, 0) is 45.7 Å². The molecule has 0 aromatic heterocycles. The van der Waals surface area contributed by atoms with Gasteiger partial charge in [0.05, 0.1) is 12.1 Å². The van der Waals surface area contributed by atoms with E-state index in [-0.39, 0.29) is 18.1 Å². The molecule has 1 aliphatic heterocycles. The zero-order valence-electron chi connectivity index (χ0n) is 12.4. The summed E-state index contributed by atoms with van der Waals surface area (Å²) < 4.78 is 11.4. The first kappa shape index (κ1) is 14.9. The predicted molar refractivity (Wildman–Crippen MR) is 77.7 cm³/mol. The van der Waals surface area contributed by atoms with E-state index in [0.717, 1.165) is 19.4 Å². The molecule has 1 aliphatic rings. The second-order valence-electron chi connectivity index (χ2n) is 5.74. The van der Waals surface area contributed by atoms with Crippen LogP contribution in [0.1, 0.15) is 33.6 Å². The Hall–Kier alpha value is -1.55. The van der Waals surface area contributed by atoms with Crippen LogP contribution in [-0.2, 0) is 9.53 Å². The minimum absolute atomic E-state index is 0.00338. The van der Waals surface area contributed by atoms with Crippen LogP contribution in [0.25, 0.3) is 0 Å². The third-order valence-corrected chi connectivity index (χ3v) is 3.54. The van der Waals surface area contributed by atoms with Crippen molar-refractivity contribution >= 4 is 5.91 Å². The molecule has 0 saturated carbocycles. The zero-order chi connectivity index (χ0) is 14.6. The van der Waals surface area contributed by atoms with Gasteiger partial charge in [0.1, 0.15) is 5.75 Å². The van der Waals surface area contributed by atoms with Crippen LogP contribution in [0.2, 0.25) is 0 Å². The zero-order valence-corrected chi connectivity index (χ0v) is 12.4. The smallest absolute Gasteiger partial charge is 0.263 e. The van der Waals surface area contributed by atoms with Gasteiger partial charge < -0.3 is 14.8 Å². The Morgan fingerprint density at radius 2 is 2.10 bits per heavy atom. The largest absolute Gasteiger partial charge is 0.478 e. The molecule has 4 nitrogen and oxygen atoms in total. The highest BCUT2D eigenvalue weighted by molar-refractivity contribution is 5.85. The minimum atomic E-state index is -0.909. The van der Waals surface area contributed by atoms with E-state index in [1.54, 1.807) is 13.8 Å². The number of amides is 1. The van der Waals surface area contributed by atoms with E-state index < -0.39 is 5.60 Å². The fourth-order valence-corrected chi connectivity index (χ4v) is 2.30. The Labute approximate surface area is 120 Å². The Kier molecular flexibility index (Phi) is 4.65. The van der Waals surface area contributed by atoms with Crippen molar-refractivity contribution in [1.82, 2.24) is 5.32 Å². The molecular weight excluding hydrogens is 254 g/mol. The minimum Gasteiger partial charge on any atom is -0.478 e. The molecular formula is C16H23NO3. The Balaban J connectivity index is 1.92. The second-order valence-corrected chi connectivity index (χ2v) is 5.74. The van der Waals surface area contributed by atoms with Gasteiger partial charge in [0.15, 0.2) is 5.60 Å². The van der Waals surface area contributed by atoms with Crippen LogP contribution in [0, 0.1) is 0 Å². The van der Waals surface area contributed by atoms with Crippen molar-refractivity contribution in [2.75, 3.05) is 6.61 Å².